The number of amides is 1. The minimum Gasteiger partial charge on any atom is -0.445 e. The molecule has 2 aromatic rings. The van der Waals surface area contributed by atoms with Gasteiger partial charge < -0.3 is 9.32 Å². The molecule has 0 saturated heterocycles. The molecule has 0 saturated carbocycles. The molecule has 3 heterocycles. The smallest absolute Gasteiger partial charge is 0.250 e. The molecule has 1 aliphatic rings. The summed E-state index contributed by atoms with van der Waals surface area (Å²) in [6.07, 6.45) is 0.585. The van der Waals surface area contributed by atoms with Crippen molar-refractivity contribution in [3.8, 4) is 0 Å². The molecule has 1 amide bonds. The van der Waals surface area contributed by atoms with Crippen LogP contribution in [0.15, 0.2) is 26.1 Å². The zero-order valence-corrected chi connectivity index (χ0v) is 16.0. The Morgan fingerprint density at radius 2 is 2.20 bits per heavy atom. The highest BCUT2D eigenvalue weighted by Gasteiger charge is 2.29. The van der Waals surface area contributed by atoms with Crippen LogP contribution < -0.4 is 4.72 Å². The minimum atomic E-state index is -3.64. The molecule has 2 aromatic heterocycles. The summed E-state index contributed by atoms with van der Waals surface area (Å²) in [5.74, 6) is 1.20. The highest BCUT2D eigenvalue weighted by Crippen LogP contribution is 2.27. The number of hydrogen-bond donors (Lipinski definition) is 1. The lowest BCUT2D eigenvalue weighted by Crippen LogP contribution is -2.42. The lowest BCUT2D eigenvalue weighted by atomic mass is 9.97. The maximum Gasteiger partial charge on any atom is 0.250 e. The summed E-state index contributed by atoms with van der Waals surface area (Å²) in [6.45, 7) is 6.63. The summed E-state index contributed by atoms with van der Waals surface area (Å²) in [7, 11) is -3.64. The van der Waals surface area contributed by atoms with E-state index in [1.54, 1.807) is 16.3 Å². The van der Waals surface area contributed by atoms with Crippen LogP contribution in [0.3, 0.4) is 0 Å². The fourth-order valence-corrected chi connectivity index (χ4v) is 4.50. The van der Waals surface area contributed by atoms with Crippen molar-refractivity contribution in [1.29, 1.82) is 0 Å². The van der Waals surface area contributed by atoms with Crippen molar-refractivity contribution in [3.63, 3.8) is 0 Å². The van der Waals surface area contributed by atoms with Crippen LogP contribution in [-0.2, 0) is 33.2 Å². The summed E-state index contributed by atoms with van der Waals surface area (Å²) >= 11 is 1.12. The Morgan fingerprint density at radius 1 is 1.44 bits per heavy atom. The minimum absolute atomic E-state index is 0.192. The van der Waals surface area contributed by atoms with E-state index in [2.05, 4.69) is 9.71 Å². The second-order valence-corrected chi connectivity index (χ2v) is 9.90. The molecule has 1 N–H and O–H groups in total. The fraction of sp³-hybridized carbons (Fsp3) is 0.500. The van der Waals surface area contributed by atoms with E-state index in [0.717, 1.165) is 22.8 Å². The molecule has 0 unspecified atom stereocenters. The fourth-order valence-electron chi connectivity index (χ4n) is 2.49. The number of rotatable bonds is 4. The topological polar surface area (TPSA) is 92.5 Å². The maximum atomic E-state index is 12.4. The van der Waals surface area contributed by atoms with Crippen molar-refractivity contribution in [3.05, 3.63) is 34.9 Å². The normalized spacial score (nSPS) is 15.2. The third-order valence-electron chi connectivity index (χ3n) is 3.90. The number of thiophene rings is 1. The number of aromatic nitrogens is 1. The highest BCUT2D eigenvalue weighted by atomic mass is 32.2. The first-order valence-electron chi connectivity index (χ1n) is 7.97. The lowest BCUT2D eigenvalue weighted by molar-refractivity contribution is -0.130. The van der Waals surface area contributed by atoms with Gasteiger partial charge in [0.2, 0.25) is 5.91 Å². The van der Waals surface area contributed by atoms with Gasteiger partial charge in [0.25, 0.3) is 10.0 Å². The van der Waals surface area contributed by atoms with Gasteiger partial charge in [-0.05, 0) is 11.4 Å². The summed E-state index contributed by atoms with van der Waals surface area (Å²) in [5.41, 5.74) is 0.563. The molecule has 0 aliphatic carbocycles. The van der Waals surface area contributed by atoms with Crippen molar-refractivity contribution in [2.24, 2.45) is 0 Å². The summed E-state index contributed by atoms with van der Waals surface area (Å²) in [4.78, 5) is 18.5. The number of fused-ring (bicyclic) bond motifs is 1. The molecule has 0 atom stereocenters. The van der Waals surface area contributed by atoms with Crippen molar-refractivity contribution in [2.45, 2.75) is 43.4 Å². The van der Waals surface area contributed by atoms with E-state index in [1.807, 2.05) is 20.8 Å². The largest absolute Gasteiger partial charge is 0.445 e. The average molecular weight is 383 g/mol. The standard InChI is InChI=1S/C16H21N3O4S2/c1-16(2,3)15-18-11-10-19(7-6-12(11)23-15)13(20)9-17-25(21,22)14-5-4-8-24-14/h4-5,8,17H,6-7,9-10H2,1-3H3. The predicted molar refractivity (Wildman–Crippen MR) is 93.8 cm³/mol. The number of sulfonamides is 1. The van der Waals surface area contributed by atoms with Crippen LogP contribution in [0.5, 0.6) is 0 Å². The van der Waals surface area contributed by atoms with Crippen LogP contribution in [0.25, 0.3) is 0 Å². The highest BCUT2D eigenvalue weighted by molar-refractivity contribution is 7.91. The third-order valence-corrected chi connectivity index (χ3v) is 6.69. The quantitative estimate of drug-likeness (QED) is 0.870. The molecule has 0 spiro atoms. The van der Waals surface area contributed by atoms with Crippen LogP contribution >= 0.6 is 11.3 Å². The van der Waals surface area contributed by atoms with Gasteiger partial charge in [0.1, 0.15) is 15.7 Å². The van der Waals surface area contributed by atoms with Gasteiger partial charge in [0.15, 0.2) is 5.89 Å². The molecule has 3 rings (SSSR count). The Kier molecular flexibility index (Phi) is 4.74. The van der Waals surface area contributed by atoms with Gasteiger partial charge >= 0.3 is 0 Å². The number of carbonyl (C=O) groups is 1. The molecule has 0 aromatic carbocycles. The van der Waals surface area contributed by atoms with Crippen molar-refractivity contribution < 1.29 is 17.6 Å². The number of carbonyl (C=O) groups excluding carboxylic acids is 1. The van der Waals surface area contributed by atoms with Crippen molar-refractivity contribution in [2.75, 3.05) is 13.1 Å². The number of hydrogen-bond acceptors (Lipinski definition) is 6. The first-order valence-corrected chi connectivity index (χ1v) is 10.3. The van der Waals surface area contributed by atoms with Gasteiger partial charge in [-0.3, -0.25) is 4.79 Å². The van der Waals surface area contributed by atoms with Gasteiger partial charge in [-0.25, -0.2) is 18.1 Å². The van der Waals surface area contributed by atoms with Crippen LogP contribution in [0.1, 0.15) is 38.1 Å². The zero-order chi connectivity index (χ0) is 18.2. The Labute approximate surface area is 151 Å². The SMILES string of the molecule is CC(C)(C)c1nc2c(o1)CCN(C(=O)CNS(=O)(=O)c1cccs1)C2. The van der Waals surface area contributed by atoms with E-state index in [1.165, 1.54) is 6.07 Å². The average Bonchev–Trinajstić information content (AvgIpc) is 3.20. The molecule has 7 nitrogen and oxygen atoms in total. The maximum absolute atomic E-state index is 12.4. The third kappa shape index (κ3) is 3.94. The van der Waals surface area contributed by atoms with Crippen LogP contribution in [0.4, 0.5) is 0 Å². The summed E-state index contributed by atoms with van der Waals surface area (Å²) < 4.78 is 32.6. The molecule has 25 heavy (non-hydrogen) atoms. The molecule has 0 radical (unpaired) electrons. The van der Waals surface area contributed by atoms with Gasteiger partial charge in [-0.2, -0.15) is 0 Å². The van der Waals surface area contributed by atoms with E-state index in [-0.39, 0.29) is 22.1 Å². The van der Waals surface area contributed by atoms with Gasteiger partial charge in [0.05, 0.1) is 13.1 Å². The predicted octanol–water partition coefficient (Wildman–Crippen LogP) is 1.90. The van der Waals surface area contributed by atoms with Crippen LogP contribution in [0.2, 0.25) is 0 Å². The molecular weight excluding hydrogens is 362 g/mol. The first-order chi connectivity index (χ1) is 11.7. The molecular formula is C16H21N3O4S2. The molecule has 136 valence electrons. The zero-order valence-electron chi connectivity index (χ0n) is 14.4. The number of nitrogens with zero attached hydrogens (tertiary/aromatic N) is 2. The van der Waals surface area contributed by atoms with Gasteiger partial charge in [0, 0.05) is 18.4 Å². The molecule has 0 bridgehead atoms. The Bertz CT molecular complexity index is 864. The van der Waals surface area contributed by atoms with Crippen LogP contribution in [-0.4, -0.2) is 37.3 Å². The van der Waals surface area contributed by atoms with Crippen LogP contribution in [0, 0.1) is 0 Å². The van der Waals surface area contributed by atoms with E-state index in [0.29, 0.717) is 25.4 Å². The van der Waals surface area contributed by atoms with E-state index >= 15 is 0 Å². The number of nitrogens with one attached hydrogen (secondary N) is 1. The first kappa shape index (κ1) is 18.1. The molecule has 1 aliphatic heterocycles. The Balaban J connectivity index is 1.64. The second-order valence-electron chi connectivity index (χ2n) is 6.96. The lowest BCUT2D eigenvalue weighted by Gasteiger charge is -2.25. The molecule has 9 heteroatoms. The Morgan fingerprint density at radius 3 is 2.84 bits per heavy atom. The van der Waals surface area contributed by atoms with Crippen molar-refractivity contribution >= 4 is 27.3 Å². The van der Waals surface area contributed by atoms with Gasteiger partial charge in [-0.15, -0.1) is 11.3 Å². The van der Waals surface area contributed by atoms with E-state index in [9.17, 15) is 13.2 Å². The Hall–Kier alpha value is -1.71. The van der Waals surface area contributed by atoms with Gasteiger partial charge in [-0.1, -0.05) is 26.8 Å². The van der Waals surface area contributed by atoms with Crippen molar-refractivity contribution in [1.82, 2.24) is 14.6 Å². The van der Waals surface area contributed by atoms with E-state index in [4.69, 9.17) is 4.42 Å². The summed E-state index contributed by atoms with van der Waals surface area (Å²) in [6, 6.07) is 3.17. The monoisotopic (exact) mass is 383 g/mol. The molecule has 0 fully saturated rings. The van der Waals surface area contributed by atoms with E-state index < -0.39 is 10.0 Å². The summed E-state index contributed by atoms with van der Waals surface area (Å²) in [5, 5.41) is 1.68. The number of oxazole rings is 1. The second kappa shape index (κ2) is 6.54.